The SMILES string of the molecule is CCCCNC(=O)[C@H](C)N(Cc1cccc(OC)c1)C(=O)CSCc1ccc(C)cc1. The molecule has 5 nitrogen and oxygen atoms in total. The fourth-order valence-corrected chi connectivity index (χ4v) is 3.98. The monoisotopic (exact) mass is 442 g/mol. The predicted octanol–water partition coefficient (Wildman–Crippen LogP) is 4.57. The van der Waals surface area contributed by atoms with Crippen molar-refractivity contribution in [3.05, 3.63) is 65.2 Å². The summed E-state index contributed by atoms with van der Waals surface area (Å²) < 4.78 is 5.31. The topological polar surface area (TPSA) is 58.6 Å². The molecule has 0 saturated carbocycles. The predicted molar refractivity (Wildman–Crippen MR) is 128 cm³/mol. The summed E-state index contributed by atoms with van der Waals surface area (Å²) in [6, 6.07) is 15.4. The number of benzene rings is 2. The highest BCUT2D eigenvalue weighted by atomic mass is 32.2. The average molecular weight is 443 g/mol. The lowest BCUT2D eigenvalue weighted by atomic mass is 10.1. The Balaban J connectivity index is 2.06. The van der Waals surface area contributed by atoms with Gasteiger partial charge in [-0.15, -0.1) is 11.8 Å². The van der Waals surface area contributed by atoms with Crippen LogP contribution in [0.2, 0.25) is 0 Å². The first-order valence-corrected chi connectivity index (χ1v) is 11.9. The number of ether oxygens (including phenoxy) is 1. The molecule has 0 aliphatic carbocycles. The first kappa shape index (κ1) is 24.8. The van der Waals surface area contributed by atoms with Crippen molar-refractivity contribution in [1.29, 1.82) is 0 Å². The van der Waals surface area contributed by atoms with Crippen LogP contribution in [0.15, 0.2) is 48.5 Å². The number of methoxy groups -OCH3 is 1. The molecule has 2 rings (SSSR count). The Bertz CT molecular complexity index is 839. The van der Waals surface area contributed by atoms with E-state index in [1.54, 1.807) is 30.7 Å². The molecule has 6 heteroatoms. The van der Waals surface area contributed by atoms with Gasteiger partial charge in [0, 0.05) is 18.8 Å². The van der Waals surface area contributed by atoms with Crippen LogP contribution >= 0.6 is 11.8 Å². The number of nitrogens with one attached hydrogen (secondary N) is 1. The van der Waals surface area contributed by atoms with Crippen LogP contribution in [0.25, 0.3) is 0 Å². The standard InChI is InChI=1S/C25H34N2O3S/c1-5-6-14-26-25(29)20(3)27(16-22-8-7-9-23(15-22)30-4)24(28)18-31-17-21-12-10-19(2)11-13-21/h7-13,15,20H,5-6,14,16-18H2,1-4H3,(H,26,29)/t20-/m0/s1. The molecule has 1 atom stereocenters. The third-order valence-electron chi connectivity index (χ3n) is 5.10. The van der Waals surface area contributed by atoms with Gasteiger partial charge >= 0.3 is 0 Å². The summed E-state index contributed by atoms with van der Waals surface area (Å²) >= 11 is 1.57. The Morgan fingerprint density at radius 1 is 1.13 bits per heavy atom. The van der Waals surface area contributed by atoms with Crippen LogP contribution in [0.5, 0.6) is 5.75 Å². The Morgan fingerprint density at radius 2 is 1.87 bits per heavy atom. The van der Waals surface area contributed by atoms with Crippen molar-refractivity contribution in [3.63, 3.8) is 0 Å². The van der Waals surface area contributed by atoms with E-state index >= 15 is 0 Å². The van der Waals surface area contributed by atoms with E-state index in [4.69, 9.17) is 4.74 Å². The lowest BCUT2D eigenvalue weighted by molar-refractivity contribution is -0.138. The molecular formula is C25H34N2O3S. The minimum Gasteiger partial charge on any atom is -0.497 e. The molecule has 168 valence electrons. The Kier molecular flexibility index (Phi) is 10.4. The van der Waals surface area contributed by atoms with Gasteiger partial charge in [-0.05, 0) is 43.5 Å². The largest absolute Gasteiger partial charge is 0.497 e. The van der Waals surface area contributed by atoms with E-state index in [0.29, 0.717) is 18.8 Å². The molecule has 1 N–H and O–H groups in total. The van der Waals surface area contributed by atoms with E-state index < -0.39 is 6.04 Å². The molecule has 31 heavy (non-hydrogen) atoms. The highest BCUT2D eigenvalue weighted by Crippen LogP contribution is 2.19. The molecule has 0 unspecified atom stereocenters. The maximum Gasteiger partial charge on any atom is 0.242 e. The summed E-state index contributed by atoms with van der Waals surface area (Å²) in [7, 11) is 1.62. The third-order valence-corrected chi connectivity index (χ3v) is 6.09. The number of rotatable bonds is 12. The second-order valence-electron chi connectivity index (χ2n) is 7.67. The molecule has 0 heterocycles. The maximum atomic E-state index is 13.1. The van der Waals surface area contributed by atoms with Crippen LogP contribution in [-0.2, 0) is 21.9 Å². The number of thioether (sulfide) groups is 1. The number of hydrogen-bond acceptors (Lipinski definition) is 4. The van der Waals surface area contributed by atoms with Crippen LogP contribution in [0.4, 0.5) is 0 Å². The number of unbranched alkanes of at least 4 members (excludes halogenated alkanes) is 1. The van der Waals surface area contributed by atoms with Crippen LogP contribution in [0.3, 0.4) is 0 Å². The van der Waals surface area contributed by atoms with Gasteiger partial charge in [0.25, 0.3) is 0 Å². The average Bonchev–Trinajstić information content (AvgIpc) is 2.78. The van der Waals surface area contributed by atoms with Gasteiger partial charge in [0.05, 0.1) is 12.9 Å². The zero-order chi connectivity index (χ0) is 22.6. The molecule has 2 aromatic carbocycles. The summed E-state index contributed by atoms with van der Waals surface area (Å²) in [6.07, 6.45) is 1.94. The van der Waals surface area contributed by atoms with Gasteiger partial charge in [-0.1, -0.05) is 55.3 Å². The van der Waals surface area contributed by atoms with Crippen molar-refractivity contribution in [3.8, 4) is 5.75 Å². The van der Waals surface area contributed by atoms with Gasteiger partial charge < -0.3 is 15.0 Å². The lowest BCUT2D eigenvalue weighted by Crippen LogP contribution is -2.48. The summed E-state index contributed by atoms with van der Waals surface area (Å²) in [5, 5.41) is 2.95. The lowest BCUT2D eigenvalue weighted by Gasteiger charge is -2.29. The fourth-order valence-electron chi connectivity index (χ4n) is 3.11. The molecule has 0 aliphatic heterocycles. The Morgan fingerprint density at radius 3 is 2.55 bits per heavy atom. The van der Waals surface area contributed by atoms with Crippen molar-refractivity contribution in [2.45, 2.75) is 52.0 Å². The zero-order valence-electron chi connectivity index (χ0n) is 19.0. The number of carbonyl (C=O) groups is 2. The second kappa shape index (κ2) is 13.1. The van der Waals surface area contributed by atoms with E-state index in [9.17, 15) is 9.59 Å². The van der Waals surface area contributed by atoms with Crippen LogP contribution < -0.4 is 10.1 Å². The van der Waals surface area contributed by atoms with Crippen molar-refractivity contribution in [2.24, 2.45) is 0 Å². The number of amides is 2. The Labute approximate surface area is 190 Å². The fraction of sp³-hybridized carbons (Fsp3) is 0.440. The molecule has 0 aromatic heterocycles. The Hall–Kier alpha value is -2.47. The van der Waals surface area contributed by atoms with Crippen LogP contribution in [-0.4, -0.2) is 42.2 Å². The van der Waals surface area contributed by atoms with Crippen molar-refractivity contribution in [2.75, 3.05) is 19.4 Å². The quantitative estimate of drug-likeness (QED) is 0.489. The van der Waals surface area contributed by atoms with Crippen LogP contribution in [0, 0.1) is 6.92 Å². The van der Waals surface area contributed by atoms with Crippen LogP contribution in [0.1, 0.15) is 43.4 Å². The third kappa shape index (κ3) is 8.29. The highest BCUT2D eigenvalue weighted by Gasteiger charge is 2.26. The van der Waals surface area contributed by atoms with E-state index in [1.165, 1.54) is 11.1 Å². The first-order chi connectivity index (χ1) is 14.9. The van der Waals surface area contributed by atoms with Gasteiger partial charge in [0.1, 0.15) is 11.8 Å². The van der Waals surface area contributed by atoms with Gasteiger partial charge in [0.15, 0.2) is 0 Å². The van der Waals surface area contributed by atoms with Gasteiger partial charge in [0.2, 0.25) is 11.8 Å². The molecule has 0 spiro atoms. The smallest absolute Gasteiger partial charge is 0.242 e. The minimum absolute atomic E-state index is 0.0435. The van der Waals surface area contributed by atoms with Gasteiger partial charge in [-0.25, -0.2) is 0 Å². The van der Waals surface area contributed by atoms with E-state index in [1.807, 2.05) is 24.3 Å². The van der Waals surface area contributed by atoms with E-state index in [-0.39, 0.29) is 11.8 Å². The summed E-state index contributed by atoms with van der Waals surface area (Å²) in [6.45, 7) is 6.93. The second-order valence-corrected chi connectivity index (χ2v) is 8.66. The number of aryl methyl sites for hydroxylation is 1. The van der Waals surface area contributed by atoms with E-state index in [0.717, 1.165) is 29.9 Å². The summed E-state index contributed by atoms with van der Waals surface area (Å²) in [4.78, 5) is 27.4. The molecule has 0 radical (unpaired) electrons. The molecule has 2 amide bonds. The molecule has 2 aromatic rings. The highest BCUT2D eigenvalue weighted by molar-refractivity contribution is 7.99. The first-order valence-electron chi connectivity index (χ1n) is 10.8. The van der Waals surface area contributed by atoms with Crippen molar-refractivity contribution in [1.82, 2.24) is 10.2 Å². The van der Waals surface area contributed by atoms with Crippen molar-refractivity contribution < 1.29 is 14.3 Å². The zero-order valence-corrected chi connectivity index (χ0v) is 19.8. The molecule has 0 bridgehead atoms. The molecule has 0 saturated heterocycles. The molecule has 0 aliphatic rings. The van der Waals surface area contributed by atoms with Gasteiger partial charge in [-0.2, -0.15) is 0 Å². The maximum absolute atomic E-state index is 13.1. The number of carbonyl (C=O) groups excluding carboxylic acids is 2. The summed E-state index contributed by atoms with van der Waals surface area (Å²) in [5.41, 5.74) is 3.34. The molecular weight excluding hydrogens is 408 g/mol. The number of nitrogens with zero attached hydrogens (tertiary/aromatic N) is 1. The molecule has 0 fully saturated rings. The normalized spacial score (nSPS) is 11.6. The summed E-state index contributed by atoms with van der Waals surface area (Å²) in [5.74, 6) is 1.66. The van der Waals surface area contributed by atoms with E-state index in [2.05, 4.69) is 43.4 Å². The number of hydrogen-bond donors (Lipinski definition) is 1. The minimum atomic E-state index is -0.546. The van der Waals surface area contributed by atoms with Gasteiger partial charge in [-0.3, -0.25) is 9.59 Å². The van der Waals surface area contributed by atoms with Crippen molar-refractivity contribution >= 4 is 23.6 Å².